The molecular weight excluding hydrogens is 434 g/mol. The molecule has 9 heteroatoms. The normalized spacial score (nSPS) is 11.2. The number of carbonyl (C=O) groups excluding carboxylic acids is 1. The third-order valence-electron chi connectivity index (χ3n) is 1.81. The fraction of sp³-hybridized carbons (Fsp3) is 0.333. The maximum absolute atomic E-state index is 12.2. The van der Waals surface area contributed by atoms with Crippen molar-refractivity contribution in [2.75, 3.05) is 7.11 Å². The van der Waals surface area contributed by atoms with Crippen LogP contribution in [-0.2, 0) is 10.1 Å². The molecule has 4 nitrogen and oxygen atoms in total. The fourth-order valence-electron chi connectivity index (χ4n) is 1.13. The molecule has 1 aromatic heterocycles. The van der Waals surface area contributed by atoms with Crippen LogP contribution in [0.15, 0.2) is 6.07 Å². The summed E-state index contributed by atoms with van der Waals surface area (Å²) in [5.41, 5.74) is -0.0346. The van der Waals surface area contributed by atoms with E-state index in [-0.39, 0.29) is 20.2 Å². The van der Waals surface area contributed by atoms with Gasteiger partial charge in [0.15, 0.2) is 0 Å². The molecule has 0 bridgehead atoms. The quantitative estimate of drug-likeness (QED) is 0.314. The van der Waals surface area contributed by atoms with Crippen molar-refractivity contribution in [1.29, 1.82) is 0 Å². The number of aromatic nitrogens is 1. The van der Waals surface area contributed by atoms with Crippen molar-refractivity contribution in [3.8, 4) is 5.88 Å². The first-order valence-electron chi connectivity index (χ1n) is 4.38. The standard InChI is InChI=1S/C9H6BrF3INO3/c1-17-8(16)4-2-6(14)15-7(5(4)3-10)18-9(11,12)13/h2H,3H2,1H3. The summed E-state index contributed by atoms with van der Waals surface area (Å²) < 4.78 is 45.1. The molecule has 18 heavy (non-hydrogen) atoms. The lowest BCUT2D eigenvalue weighted by Gasteiger charge is -2.13. The molecule has 0 spiro atoms. The highest BCUT2D eigenvalue weighted by Gasteiger charge is 2.34. The van der Waals surface area contributed by atoms with Crippen LogP contribution in [0.5, 0.6) is 5.88 Å². The third kappa shape index (κ3) is 3.97. The van der Waals surface area contributed by atoms with Crippen LogP contribution in [0.1, 0.15) is 15.9 Å². The van der Waals surface area contributed by atoms with Gasteiger partial charge < -0.3 is 9.47 Å². The predicted molar refractivity (Wildman–Crippen MR) is 67.6 cm³/mol. The van der Waals surface area contributed by atoms with Crippen LogP contribution in [0.2, 0.25) is 0 Å². The van der Waals surface area contributed by atoms with Crippen LogP contribution in [0, 0.1) is 3.70 Å². The van der Waals surface area contributed by atoms with E-state index >= 15 is 0 Å². The molecule has 0 radical (unpaired) electrons. The van der Waals surface area contributed by atoms with Gasteiger partial charge in [0.2, 0.25) is 5.88 Å². The number of hydrogen-bond acceptors (Lipinski definition) is 4. The minimum Gasteiger partial charge on any atom is -0.465 e. The molecule has 1 heterocycles. The molecule has 0 aliphatic heterocycles. The number of pyridine rings is 1. The first-order valence-corrected chi connectivity index (χ1v) is 6.58. The SMILES string of the molecule is COC(=O)c1cc(I)nc(OC(F)(F)F)c1CBr. The molecular formula is C9H6BrF3INO3. The van der Waals surface area contributed by atoms with Crippen molar-refractivity contribution >= 4 is 44.5 Å². The Bertz CT molecular complexity index is 467. The minimum absolute atomic E-state index is 0.0143. The Morgan fingerprint density at radius 2 is 2.17 bits per heavy atom. The van der Waals surface area contributed by atoms with Crippen LogP contribution >= 0.6 is 38.5 Å². The highest BCUT2D eigenvalue weighted by Crippen LogP contribution is 2.30. The molecule has 100 valence electrons. The van der Waals surface area contributed by atoms with Crippen LogP contribution in [0.25, 0.3) is 0 Å². The van der Waals surface area contributed by atoms with E-state index in [4.69, 9.17) is 0 Å². The Kier molecular flexibility index (Phi) is 5.20. The van der Waals surface area contributed by atoms with Gasteiger partial charge in [-0.15, -0.1) is 13.2 Å². The van der Waals surface area contributed by atoms with Crippen molar-refractivity contribution in [2.24, 2.45) is 0 Å². The summed E-state index contributed by atoms with van der Waals surface area (Å²) in [6, 6.07) is 1.33. The predicted octanol–water partition coefficient (Wildman–Crippen LogP) is 3.27. The maximum Gasteiger partial charge on any atom is 0.574 e. The van der Waals surface area contributed by atoms with Gasteiger partial charge >= 0.3 is 12.3 Å². The topological polar surface area (TPSA) is 48.4 Å². The number of halogens is 5. The Hall–Kier alpha value is -0.580. The minimum atomic E-state index is -4.87. The molecule has 0 aliphatic carbocycles. The van der Waals surface area contributed by atoms with E-state index in [1.165, 1.54) is 6.07 Å². The Morgan fingerprint density at radius 3 is 2.61 bits per heavy atom. The van der Waals surface area contributed by atoms with Crippen molar-refractivity contribution in [3.05, 3.63) is 20.9 Å². The second kappa shape index (κ2) is 6.04. The van der Waals surface area contributed by atoms with Crippen molar-refractivity contribution in [1.82, 2.24) is 4.98 Å². The first kappa shape index (κ1) is 15.5. The molecule has 0 N–H and O–H groups in total. The van der Waals surface area contributed by atoms with Crippen LogP contribution < -0.4 is 4.74 Å². The smallest absolute Gasteiger partial charge is 0.465 e. The average Bonchev–Trinajstić information content (AvgIpc) is 2.25. The summed E-state index contributed by atoms with van der Waals surface area (Å²) in [5, 5.41) is -0.0211. The van der Waals surface area contributed by atoms with Crippen molar-refractivity contribution in [2.45, 2.75) is 11.7 Å². The molecule has 1 aromatic rings. The van der Waals surface area contributed by atoms with E-state index in [2.05, 4.69) is 30.4 Å². The van der Waals surface area contributed by atoms with E-state index in [1.807, 2.05) is 0 Å². The van der Waals surface area contributed by atoms with E-state index < -0.39 is 18.2 Å². The number of ether oxygens (including phenoxy) is 2. The lowest BCUT2D eigenvalue weighted by molar-refractivity contribution is -0.276. The zero-order valence-electron chi connectivity index (χ0n) is 8.85. The number of esters is 1. The lowest BCUT2D eigenvalue weighted by Crippen LogP contribution is -2.20. The number of alkyl halides is 4. The molecule has 1 rings (SSSR count). The molecule has 0 saturated carbocycles. The summed E-state index contributed by atoms with van der Waals surface area (Å²) in [6.07, 6.45) is -4.87. The van der Waals surface area contributed by atoms with Crippen LogP contribution in [0.3, 0.4) is 0 Å². The Labute approximate surface area is 122 Å². The molecule has 0 amide bonds. The van der Waals surface area contributed by atoms with Gasteiger partial charge in [0.05, 0.1) is 12.7 Å². The zero-order valence-corrected chi connectivity index (χ0v) is 12.6. The van der Waals surface area contributed by atoms with Gasteiger partial charge in [0.25, 0.3) is 0 Å². The van der Waals surface area contributed by atoms with Gasteiger partial charge in [0.1, 0.15) is 3.70 Å². The van der Waals surface area contributed by atoms with Crippen LogP contribution in [0.4, 0.5) is 13.2 Å². The van der Waals surface area contributed by atoms with E-state index in [1.54, 1.807) is 22.6 Å². The van der Waals surface area contributed by atoms with Gasteiger partial charge in [-0.05, 0) is 28.7 Å². The average molecular weight is 440 g/mol. The largest absolute Gasteiger partial charge is 0.574 e. The number of methoxy groups -OCH3 is 1. The summed E-state index contributed by atoms with van der Waals surface area (Å²) in [5.74, 6) is -1.41. The first-order chi connectivity index (χ1) is 8.28. The second-order valence-corrected chi connectivity index (χ2v) is 4.62. The molecule has 0 saturated heterocycles. The van der Waals surface area contributed by atoms with Gasteiger partial charge in [-0.3, -0.25) is 0 Å². The summed E-state index contributed by atoms with van der Waals surface area (Å²) in [6.45, 7) is 0. The third-order valence-corrected chi connectivity index (χ3v) is 2.92. The van der Waals surface area contributed by atoms with E-state index in [9.17, 15) is 18.0 Å². The molecule has 0 unspecified atom stereocenters. The summed E-state index contributed by atoms with van der Waals surface area (Å²) in [7, 11) is 1.14. The Balaban J connectivity index is 3.33. The number of hydrogen-bond donors (Lipinski definition) is 0. The zero-order chi connectivity index (χ0) is 13.9. The molecule has 0 aromatic carbocycles. The second-order valence-electron chi connectivity index (χ2n) is 2.95. The number of nitrogens with zero attached hydrogens (tertiary/aromatic N) is 1. The van der Waals surface area contributed by atoms with Gasteiger partial charge in [-0.2, -0.15) is 0 Å². The summed E-state index contributed by atoms with van der Waals surface area (Å²) in [4.78, 5) is 15.1. The molecule has 0 atom stereocenters. The number of rotatable bonds is 3. The maximum atomic E-state index is 12.2. The van der Waals surface area contributed by atoms with Gasteiger partial charge in [-0.1, -0.05) is 15.9 Å². The molecule has 0 fully saturated rings. The van der Waals surface area contributed by atoms with Crippen molar-refractivity contribution < 1.29 is 27.4 Å². The molecule has 0 aliphatic rings. The van der Waals surface area contributed by atoms with Gasteiger partial charge in [0, 0.05) is 10.9 Å². The van der Waals surface area contributed by atoms with E-state index in [0.717, 1.165) is 7.11 Å². The summed E-state index contributed by atoms with van der Waals surface area (Å²) >= 11 is 4.67. The van der Waals surface area contributed by atoms with Crippen molar-refractivity contribution in [3.63, 3.8) is 0 Å². The van der Waals surface area contributed by atoms with E-state index in [0.29, 0.717) is 0 Å². The van der Waals surface area contributed by atoms with Crippen LogP contribution in [-0.4, -0.2) is 24.4 Å². The fourth-order valence-corrected chi connectivity index (χ4v) is 2.21. The Morgan fingerprint density at radius 1 is 1.56 bits per heavy atom. The highest BCUT2D eigenvalue weighted by atomic mass is 127. The van der Waals surface area contributed by atoms with Gasteiger partial charge in [-0.25, -0.2) is 9.78 Å². The highest BCUT2D eigenvalue weighted by molar-refractivity contribution is 14.1. The lowest BCUT2D eigenvalue weighted by atomic mass is 10.1. The monoisotopic (exact) mass is 439 g/mol. The number of carbonyl (C=O) groups is 1.